The number of hydrogen-bond acceptors (Lipinski definition) is 7. The number of carbonyl (C=O) groups excluding carboxylic acids is 3. The summed E-state index contributed by atoms with van der Waals surface area (Å²) < 4.78 is 57.3. The zero-order valence-electron chi connectivity index (χ0n) is 12.0. The molecule has 0 aliphatic carbocycles. The number of carbonyl (C=O) groups is 3. The van der Waals surface area contributed by atoms with Crippen LogP contribution in [0.15, 0.2) is 0 Å². The van der Waals surface area contributed by atoms with Crippen molar-refractivity contribution in [2.45, 2.75) is 58.0 Å². The zero-order valence-corrected chi connectivity index (χ0v) is 12.0. The van der Waals surface area contributed by atoms with Crippen LogP contribution in [0.1, 0.15) is 27.2 Å². The van der Waals surface area contributed by atoms with E-state index < -0.39 is 55.1 Å². The summed E-state index contributed by atoms with van der Waals surface area (Å²) in [5.41, 5.74) is 0. The molecule has 0 aromatic heterocycles. The van der Waals surface area contributed by atoms with Gasteiger partial charge in [-0.05, 0) is 0 Å². The van der Waals surface area contributed by atoms with Crippen molar-refractivity contribution in [3.63, 3.8) is 0 Å². The molecule has 1 fully saturated rings. The average molecular weight is 328 g/mol. The number of ether oxygens (including phenoxy) is 4. The van der Waals surface area contributed by atoms with Gasteiger partial charge in [-0.15, -0.1) is 0 Å². The predicted octanol–water partition coefficient (Wildman–Crippen LogP) is 1.09. The first kappa shape index (κ1) is 18.2. The molecule has 0 aromatic rings. The summed E-state index contributed by atoms with van der Waals surface area (Å²) in [7, 11) is 0. The van der Waals surface area contributed by atoms with Crippen LogP contribution in [0.3, 0.4) is 0 Å². The lowest BCUT2D eigenvalue weighted by Gasteiger charge is -2.39. The third kappa shape index (κ3) is 5.17. The minimum atomic E-state index is -4.77. The van der Waals surface area contributed by atoms with Gasteiger partial charge in [0.05, 0.1) is 0 Å². The smallest absolute Gasteiger partial charge is 0.414 e. The van der Waals surface area contributed by atoms with Crippen LogP contribution in [-0.4, -0.2) is 48.7 Å². The van der Waals surface area contributed by atoms with Gasteiger partial charge in [0.25, 0.3) is 0 Å². The molecule has 0 amide bonds. The fourth-order valence-corrected chi connectivity index (χ4v) is 1.94. The Kier molecular flexibility index (Phi) is 5.75. The Bertz CT molecular complexity index is 422. The van der Waals surface area contributed by atoms with Crippen LogP contribution < -0.4 is 0 Å². The Balaban J connectivity index is 3.06. The van der Waals surface area contributed by atoms with Gasteiger partial charge < -0.3 is 18.9 Å². The average Bonchev–Trinajstić information content (AvgIpc) is 2.29. The molecule has 1 aliphatic rings. The fraction of sp³-hybridized carbons (Fsp3) is 0.750. The molecule has 1 saturated heterocycles. The van der Waals surface area contributed by atoms with Crippen molar-refractivity contribution in [3.8, 4) is 0 Å². The van der Waals surface area contributed by atoms with Gasteiger partial charge in [0.1, 0.15) is 6.10 Å². The summed E-state index contributed by atoms with van der Waals surface area (Å²) in [5.74, 6) is -2.66. The third-order valence-electron chi connectivity index (χ3n) is 2.65. The molecule has 0 spiro atoms. The van der Waals surface area contributed by atoms with Crippen LogP contribution in [0, 0.1) is 0 Å². The molecule has 0 N–H and O–H groups in total. The first-order valence-electron chi connectivity index (χ1n) is 6.24. The summed E-state index contributed by atoms with van der Waals surface area (Å²) in [6.07, 6.45) is -12.6. The van der Waals surface area contributed by atoms with Gasteiger partial charge in [0.15, 0.2) is 6.10 Å². The second-order valence-electron chi connectivity index (χ2n) is 4.60. The lowest BCUT2D eigenvalue weighted by atomic mass is 10.0. The molecular formula is C12H15F3O7. The van der Waals surface area contributed by atoms with Gasteiger partial charge in [-0.1, -0.05) is 0 Å². The summed E-state index contributed by atoms with van der Waals surface area (Å²) in [4.78, 5) is 33.1. The monoisotopic (exact) mass is 328 g/mol. The van der Waals surface area contributed by atoms with E-state index in [0.717, 1.165) is 20.8 Å². The van der Waals surface area contributed by atoms with Gasteiger partial charge in [-0.25, -0.2) is 0 Å². The standard InChI is InChI=1S/C12H15F3O7/c1-5(16)19-8-4-9(12(13,14)15)22-11(21-7(3)18)10(8)20-6(2)17/h8-11H,4H2,1-3H3/t8-,9-,10+,11-/m1/s1. The van der Waals surface area contributed by atoms with E-state index in [1.807, 2.05) is 0 Å². The molecule has 0 unspecified atom stereocenters. The normalized spacial score (nSPS) is 28.6. The van der Waals surface area contributed by atoms with Crippen molar-refractivity contribution in [2.75, 3.05) is 0 Å². The summed E-state index contributed by atoms with van der Waals surface area (Å²) in [6, 6.07) is 0. The third-order valence-corrected chi connectivity index (χ3v) is 2.65. The van der Waals surface area contributed by atoms with E-state index >= 15 is 0 Å². The van der Waals surface area contributed by atoms with E-state index in [0.29, 0.717) is 0 Å². The number of alkyl halides is 3. The maximum atomic E-state index is 12.8. The molecule has 1 aliphatic heterocycles. The minimum absolute atomic E-state index is 0.779. The SMILES string of the molecule is CC(=O)O[C@@H]1O[C@@H](C(F)(F)F)C[C@@H](OC(C)=O)[C@@H]1OC(C)=O. The van der Waals surface area contributed by atoms with Crippen molar-refractivity contribution in [1.29, 1.82) is 0 Å². The van der Waals surface area contributed by atoms with Crippen molar-refractivity contribution in [3.05, 3.63) is 0 Å². The highest BCUT2D eigenvalue weighted by Gasteiger charge is 2.53. The van der Waals surface area contributed by atoms with Crippen LogP contribution in [0.25, 0.3) is 0 Å². The molecule has 22 heavy (non-hydrogen) atoms. The van der Waals surface area contributed by atoms with Crippen LogP contribution >= 0.6 is 0 Å². The Morgan fingerprint density at radius 2 is 1.45 bits per heavy atom. The number of rotatable bonds is 3. The van der Waals surface area contributed by atoms with E-state index in [1.54, 1.807) is 0 Å². The molecule has 1 heterocycles. The highest BCUT2D eigenvalue weighted by Crippen LogP contribution is 2.35. The molecule has 4 atom stereocenters. The van der Waals surface area contributed by atoms with Gasteiger partial charge in [0.2, 0.25) is 12.4 Å². The van der Waals surface area contributed by atoms with E-state index in [-0.39, 0.29) is 0 Å². The highest BCUT2D eigenvalue weighted by atomic mass is 19.4. The first-order valence-corrected chi connectivity index (χ1v) is 6.24. The van der Waals surface area contributed by atoms with Crippen LogP contribution in [0.4, 0.5) is 13.2 Å². The fourth-order valence-electron chi connectivity index (χ4n) is 1.94. The number of halogens is 3. The number of hydrogen-bond donors (Lipinski definition) is 0. The summed E-state index contributed by atoms with van der Waals surface area (Å²) in [5, 5.41) is 0. The molecule has 0 radical (unpaired) electrons. The molecule has 126 valence electrons. The minimum Gasteiger partial charge on any atom is -0.458 e. The second kappa shape index (κ2) is 6.95. The highest BCUT2D eigenvalue weighted by molar-refractivity contribution is 5.68. The van der Waals surface area contributed by atoms with Crippen molar-refractivity contribution in [1.82, 2.24) is 0 Å². The van der Waals surface area contributed by atoms with Gasteiger partial charge in [0, 0.05) is 27.2 Å². The van der Waals surface area contributed by atoms with Gasteiger partial charge in [-0.3, -0.25) is 14.4 Å². The Morgan fingerprint density at radius 3 is 1.86 bits per heavy atom. The number of esters is 3. The largest absolute Gasteiger partial charge is 0.458 e. The molecule has 0 bridgehead atoms. The maximum absolute atomic E-state index is 12.8. The van der Waals surface area contributed by atoms with Crippen LogP contribution in [0.2, 0.25) is 0 Å². The summed E-state index contributed by atoms with van der Waals surface area (Å²) >= 11 is 0. The molecule has 1 rings (SSSR count). The van der Waals surface area contributed by atoms with E-state index in [4.69, 9.17) is 9.47 Å². The lowest BCUT2D eigenvalue weighted by Crippen LogP contribution is -2.56. The maximum Gasteiger partial charge on any atom is 0.414 e. The quantitative estimate of drug-likeness (QED) is 0.566. The Hall–Kier alpha value is -1.84. The molecular weight excluding hydrogens is 313 g/mol. The van der Waals surface area contributed by atoms with Crippen molar-refractivity contribution >= 4 is 17.9 Å². The van der Waals surface area contributed by atoms with Crippen LogP contribution in [-0.2, 0) is 33.3 Å². The summed E-state index contributed by atoms with van der Waals surface area (Å²) in [6.45, 7) is 2.95. The molecule has 0 saturated carbocycles. The Labute approximate surface area is 123 Å². The molecule has 10 heteroatoms. The topological polar surface area (TPSA) is 88.1 Å². The van der Waals surface area contributed by atoms with Gasteiger partial charge in [-0.2, -0.15) is 13.2 Å². The van der Waals surface area contributed by atoms with Gasteiger partial charge >= 0.3 is 24.1 Å². The van der Waals surface area contributed by atoms with E-state index in [9.17, 15) is 27.6 Å². The Morgan fingerprint density at radius 1 is 0.955 bits per heavy atom. The van der Waals surface area contributed by atoms with E-state index in [2.05, 4.69) is 9.47 Å². The second-order valence-corrected chi connectivity index (χ2v) is 4.60. The van der Waals surface area contributed by atoms with E-state index in [1.165, 1.54) is 0 Å². The zero-order chi connectivity index (χ0) is 17.1. The predicted molar refractivity (Wildman–Crippen MR) is 62.2 cm³/mol. The van der Waals surface area contributed by atoms with Crippen molar-refractivity contribution < 1.29 is 46.5 Å². The lowest BCUT2D eigenvalue weighted by molar-refractivity contribution is -0.321. The first-order chi connectivity index (χ1) is 10.0. The van der Waals surface area contributed by atoms with Crippen molar-refractivity contribution in [2.24, 2.45) is 0 Å². The molecule has 7 nitrogen and oxygen atoms in total. The van der Waals surface area contributed by atoms with Crippen LogP contribution in [0.5, 0.6) is 0 Å². The molecule has 0 aromatic carbocycles.